The lowest BCUT2D eigenvalue weighted by atomic mass is 10.1. The van der Waals surface area contributed by atoms with Gasteiger partial charge in [0.05, 0.1) is 0 Å². The molecule has 4 heteroatoms. The second-order valence-electron chi connectivity index (χ2n) is 2.73. The van der Waals surface area contributed by atoms with Crippen LogP contribution in [0.3, 0.4) is 0 Å². The number of rotatable bonds is 6. The molecule has 0 aromatic carbocycles. The third-order valence-electron chi connectivity index (χ3n) is 1.94. The van der Waals surface area contributed by atoms with Gasteiger partial charge in [0.25, 0.3) is 0 Å². The van der Waals surface area contributed by atoms with Crippen LogP contribution in [-0.4, -0.2) is 30.2 Å². The minimum Gasteiger partial charge on any atom is -0.296 e. The van der Waals surface area contributed by atoms with Gasteiger partial charge >= 0.3 is 0 Å². The molecule has 0 aliphatic rings. The van der Waals surface area contributed by atoms with E-state index in [0.717, 1.165) is 18.5 Å². The Morgan fingerprint density at radius 3 is 2.00 bits per heavy atom. The van der Waals surface area contributed by atoms with Crippen LogP contribution in [0, 0.1) is 5.92 Å². The maximum absolute atomic E-state index is 2.83. The number of hydrogen-bond acceptors (Lipinski definition) is 1. The fraction of sp³-hybridized carbons (Fsp3) is 1.00. The first-order valence-electron chi connectivity index (χ1n) is 4.11. The van der Waals surface area contributed by atoms with Crippen molar-refractivity contribution in [2.24, 2.45) is 5.92 Å². The maximum Gasteiger partial charge on any atom is 0.0130 e. The summed E-state index contributed by atoms with van der Waals surface area (Å²) in [6.45, 7) is 3.49. The fourth-order valence-electron chi connectivity index (χ4n) is 0.959. The standard InChI is InChI=1S/C7H20NP3/c1-2-7(4-9)3-8(5-10)6-11/h7H,2-6,9-11H2,1H3. The van der Waals surface area contributed by atoms with Gasteiger partial charge in [0.2, 0.25) is 0 Å². The molecule has 0 saturated carbocycles. The zero-order valence-electron chi connectivity index (χ0n) is 7.29. The Balaban J connectivity index is 3.58. The highest BCUT2D eigenvalue weighted by atomic mass is 31.0. The van der Waals surface area contributed by atoms with Crippen LogP contribution >= 0.6 is 27.7 Å². The van der Waals surface area contributed by atoms with Crippen LogP contribution in [0.5, 0.6) is 0 Å². The molecule has 0 aliphatic carbocycles. The van der Waals surface area contributed by atoms with Crippen LogP contribution in [0.4, 0.5) is 0 Å². The van der Waals surface area contributed by atoms with Crippen LogP contribution in [0.2, 0.25) is 0 Å². The first kappa shape index (κ1) is 12.2. The quantitative estimate of drug-likeness (QED) is 0.606. The molecule has 0 rings (SSSR count). The smallest absolute Gasteiger partial charge is 0.0130 e. The first-order valence-corrected chi connectivity index (χ1v) is 6.55. The maximum atomic E-state index is 2.83. The third kappa shape index (κ3) is 5.48. The summed E-state index contributed by atoms with van der Waals surface area (Å²) in [5, 5.41) is 0. The minimum atomic E-state index is 0.848. The van der Waals surface area contributed by atoms with Crippen LogP contribution in [0.25, 0.3) is 0 Å². The molecular weight excluding hydrogens is 191 g/mol. The molecule has 0 aromatic rings. The topological polar surface area (TPSA) is 3.24 Å². The Hall–Kier alpha value is 1.25. The van der Waals surface area contributed by atoms with Gasteiger partial charge in [0.15, 0.2) is 0 Å². The van der Waals surface area contributed by atoms with E-state index in [1.807, 2.05) is 0 Å². The van der Waals surface area contributed by atoms with E-state index in [0.29, 0.717) is 0 Å². The van der Waals surface area contributed by atoms with Crippen LogP contribution in [0.1, 0.15) is 13.3 Å². The summed E-state index contributed by atoms with van der Waals surface area (Å²) in [5.74, 6) is 0.848. The Morgan fingerprint density at radius 2 is 1.73 bits per heavy atom. The molecule has 4 atom stereocenters. The van der Waals surface area contributed by atoms with Crippen molar-refractivity contribution >= 4 is 27.7 Å². The van der Waals surface area contributed by atoms with Crippen molar-refractivity contribution in [1.29, 1.82) is 0 Å². The molecule has 0 amide bonds. The molecule has 0 aromatic heterocycles. The van der Waals surface area contributed by atoms with Crippen molar-refractivity contribution in [3.8, 4) is 0 Å². The Bertz CT molecular complexity index is 71.8. The summed E-state index contributed by atoms with van der Waals surface area (Å²) in [7, 11) is 8.38. The summed E-state index contributed by atoms with van der Waals surface area (Å²) in [6, 6.07) is 0. The van der Waals surface area contributed by atoms with Gasteiger partial charge in [-0.25, -0.2) is 0 Å². The van der Waals surface area contributed by atoms with E-state index in [1.54, 1.807) is 0 Å². The van der Waals surface area contributed by atoms with Gasteiger partial charge in [-0.05, 0) is 12.1 Å². The molecule has 0 radical (unpaired) electrons. The van der Waals surface area contributed by atoms with Crippen LogP contribution in [0.15, 0.2) is 0 Å². The van der Waals surface area contributed by atoms with E-state index in [-0.39, 0.29) is 0 Å². The normalized spacial score (nSPS) is 13.9. The van der Waals surface area contributed by atoms with Gasteiger partial charge in [-0.2, -0.15) is 0 Å². The molecular formula is C7H20NP3. The monoisotopic (exact) mass is 211 g/mol. The van der Waals surface area contributed by atoms with Crippen molar-refractivity contribution in [2.75, 3.05) is 25.3 Å². The Morgan fingerprint density at radius 1 is 1.18 bits per heavy atom. The van der Waals surface area contributed by atoms with E-state index in [4.69, 9.17) is 0 Å². The first-order chi connectivity index (χ1) is 5.28. The van der Waals surface area contributed by atoms with Gasteiger partial charge in [-0.15, -0.1) is 27.7 Å². The summed E-state index contributed by atoms with van der Waals surface area (Å²) < 4.78 is 0. The van der Waals surface area contributed by atoms with Crippen molar-refractivity contribution in [2.45, 2.75) is 13.3 Å². The van der Waals surface area contributed by atoms with Gasteiger partial charge in [0, 0.05) is 19.1 Å². The van der Waals surface area contributed by atoms with Gasteiger partial charge in [0.1, 0.15) is 0 Å². The molecule has 4 unspecified atom stereocenters. The van der Waals surface area contributed by atoms with Crippen LogP contribution < -0.4 is 0 Å². The largest absolute Gasteiger partial charge is 0.296 e. The van der Waals surface area contributed by atoms with E-state index < -0.39 is 0 Å². The molecule has 0 saturated heterocycles. The fourth-order valence-corrected chi connectivity index (χ4v) is 2.34. The summed E-state index contributed by atoms with van der Waals surface area (Å²) >= 11 is 0. The second kappa shape index (κ2) is 7.88. The Kier molecular flexibility index (Phi) is 8.77. The highest BCUT2D eigenvalue weighted by molar-refractivity contribution is 7.17. The SMILES string of the molecule is CCC(CP)CN(CP)CP. The van der Waals surface area contributed by atoms with E-state index in [9.17, 15) is 0 Å². The molecule has 0 bridgehead atoms. The summed E-state index contributed by atoms with van der Waals surface area (Å²) in [6.07, 6.45) is 4.69. The lowest BCUT2D eigenvalue weighted by Crippen LogP contribution is -2.27. The number of hydrogen-bond donors (Lipinski definition) is 0. The molecule has 0 spiro atoms. The van der Waals surface area contributed by atoms with Gasteiger partial charge in [-0.1, -0.05) is 13.3 Å². The van der Waals surface area contributed by atoms with Crippen molar-refractivity contribution in [3.05, 3.63) is 0 Å². The molecule has 68 valence electrons. The zero-order chi connectivity index (χ0) is 8.69. The molecule has 1 nitrogen and oxygen atoms in total. The minimum absolute atomic E-state index is 0.848. The van der Waals surface area contributed by atoms with Gasteiger partial charge in [-0.3, -0.25) is 4.90 Å². The van der Waals surface area contributed by atoms with Crippen molar-refractivity contribution in [3.63, 3.8) is 0 Å². The highest BCUT2D eigenvalue weighted by Crippen LogP contribution is 2.10. The zero-order valence-corrected chi connectivity index (χ0v) is 10.8. The Labute approximate surface area is 77.7 Å². The van der Waals surface area contributed by atoms with Crippen molar-refractivity contribution in [1.82, 2.24) is 4.90 Å². The van der Waals surface area contributed by atoms with Gasteiger partial charge < -0.3 is 0 Å². The molecule has 0 N–H and O–H groups in total. The van der Waals surface area contributed by atoms with E-state index in [2.05, 4.69) is 39.5 Å². The summed E-state index contributed by atoms with van der Waals surface area (Å²) in [4.78, 5) is 2.42. The van der Waals surface area contributed by atoms with Crippen molar-refractivity contribution < 1.29 is 0 Å². The third-order valence-corrected chi connectivity index (χ3v) is 3.64. The average Bonchev–Trinajstić information content (AvgIpc) is 2.07. The van der Waals surface area contributed by atoms with E-state index >= 15 is 0 Å². The molecule has 0 aliphatic heterocycles. The second-order valence-corrected chi connectivity index (χ2v) is 3.93. The summed E-state index contributed by atoms with van der Waals surface area (Å²) in [5.41, 5.74) is 0. The lowest BCUT2D eigenvalue weighted by Gasteiger charge is -2.22. The average molecular weight is 211 g/mol. The lowest BCUT2D eigenvalue weighted by molar-refractivity contribution is 0.314. The molecule has 11 heavy (non-hydrogen) atoms. The van der Waals surface area contributed by atoms with E-state index in [1.165, 1.54) is 19.1 Å². The predicted octanol–water partition coefficient (Wildman–Crippen LogP) is 1.85. The molecule has 0 fully saturated rings. The van der Waals surface area contributed by atoms with Crippen LogP contribution in [-0.2, 0) is 0 Å². The molecule has 0 heterocycles. The highest BCUT2D eigenvalue weighted by Gasteiger charge is 2.07. The number of nitrogens with zero attached hydrogens (tertiary/aromatic N) is 1. The predicted molar refractivity (Wildman–Crippen MR) is 64.2 cm³/mol.